The van der Waals surface area contributed by atoms with Gasteiger partial charge in [-0.15, -0.1) is 0 Å². The van der Waals surface area contributed by atoms with Crippen molar-refractivity contribution in [1.82, 2.24) is 4.98 Å². The van der Waals surface area contributed by atoms with Crippen LogP contribution in [0.3, 0.4) is 0 Å². The molecule has 0 amide bonds. The molecule has 0 aliphatic carbocycles. The van der Waals surface area contributed by atoms with Crippen LogP contribution < -0.4 is 10.5 Å². The van der Waals surface area contributed by atoms with Crippen LogP contribution in [-0.2, 0) is 0 Å². The Balaban J connectivity index is 2.75. The van der Waals surface area contributed by atoms with Crippen LogP contribution in [0.15, 0.2) is 18.2 Å². The Bertz CT molecular complexity index is 263. The predicted molar refractivity (Wildman–Crippen MR) is 52.9 cm³/mol. The first kappa shape index (κ1) is 9.99. The predicted octanol–water partition coefficient (Wildman–Crippen LogP) is 1.54. The fourth-order valence-electron chi connectivity index (χ4n) is 1.22. The third-order valence-electron chi connectivity index (χ3n) is 2.06. The molecule has 0 saturated carbocycles. The van der Waals surface area contributed by atoms with E-state index < -0.39 is 0 Å². The van der Waals surface area contributed by atoms with Gasteiger partial charge in [0, 0.05) is 11.8 Å². The van der Waals surface area contributed by atoms with E-state index >= 15 is 0 Å². The molecule has 0 fully saturated rings. The number of aromatic nitrogens is 1. The molecule has 3 heteroatoms. The molecule has 1 unspecified atom stereocenters. The zero-order valence-corrected chi connectivity index (χ0v) is 8.16. The highest BCUT2D eigenvalue weighted by molar-refractivity contribution is 5.18. The first-order chi connectivity index (χ1) is 6.27. The van der Waals surface area contributed by atoms with Crippen molar-refractivity contribution in [3.8, 4) is 5.88 Å². The third-order valence-corrected chi connectivity index (χ3v) is 2.06. The molecule has 0 spiro atoms. The number of nitrogens with two attached hydrogens (primary N) is 1. The molecule has 1 atom stereocenters. The molecule has 1 aromatic heterocycles. The molecule has 13 heavy (non-hydrogen) atoms. The summed E-state index contributed by atoms with van der Waals surface area (Å²) in [4.78, 5) is 4.33. The molecule has 3 nitrogen and oxygen atoms in total. The summed E-state index contributed by atoms with van der Waals surface area (Å²) in [6, 6.07) is 5.80. The van der Waals surface area contributed by atoms with Gasteiger partial charge in [-0.25, -0.2) is 4.98 Å². The van der Waals surface area contributed by atoms with Gasteiger partial charge in [-0.3, -0.25) is 0 Å². The summed E-state index contributed by atoms with van der Waals surface area (Å²) < 4.78 is 5.04. The normalized spacial score (nSPS) is 12.5. The Morgan fingerprint density at radius 1 is 1.54 bits per heavy atom. The van der Waals surface area contributed by atoms with Crippen LogP contribution in [0.2, 0.25) is 0 Å². The van der Waals surface area contributed by atoms with Crippen molar-refractivity contribution in [3.63, 3.8) is 0 Å². The van der Waals surface area contributed by atoms with E-state index in [2.05, 4.69) is 11.9 Å². The quantitative estimate of drug-likeness (QED) is 0.764. The number of hydrogen-bond acceptors (Lipinski definition) is 3. The van der Waals surface area contributed by atoms with Crippen molar-refractivity contribution in [3.05, 3.63) is 23.9 Å². The topological polar surface area (TPSA) is 48.1 Å². The molecule has 0 saturated heterocycles. The van der Waals surface area contributed by atoms with E-state index in [9.17, 15) is 0 Å². The van der Waals surface area contributed by atoms with E-state index in [0.717, 1.165) is 12.1 Å². The molecule has 0 radical (unpaired) electrons. The van der Waals surface area contributed by atoms with Crippen LogP contribution in [0.4, 0.5) is 0 Å². The van der Waals surface area contributed by atoms with Gasteiger partial charge < -0.3 is 10.5 Å². The van der Waals surface area contributed by atoms with Gasteiger partial charge in [-0.2, -0.15) is 0 Å². The van der Waals surface area contributed by atoms with Gasteiger partial charge in [-0.1, -0.05) is 13.0 Å². The fraction of sp³-hybridized carbons (Fsp3) is 0.500. The summed E-state index contributed by atoms with van der Waals surface area (Å²) in [6.45, 7) is 2.81. The summed E-state index contributed by atoms with van der Waals surface area (Å²) in [5.41, 5.74) is 6.52. The van der Waals surface area contributed by atoms with E-state index in [-0.39, 0.29) is 0 Å². The van der Waals surface area contributed by atoms with Crippen molar-refractivity contribution in [1.29, 1.82) is 0 Å². The average Bonchev–Trinajstić information content (AvgIpc) is 2.18. The van der Waals surface area contributed by atoms with Crippen LogP contribution in [-0.4, -0.2) is 18.6 Å². The number of hydrogen-bond donors (Lipinski definition) is 1. The van der Waals surface area contributed by atoms with Gasteiger partial charge in [0.25, 0.3) is 0 Å². The standard InChI is InChI=1S/C10H16N2O/c1-8(6-7-11)9-4-3-5-10(12-9)13-2/h3-5,8H,6-7,11H2,1-2H3. The maximum Gasteiger partial charge on any atom is 0.213 e. The third kappa shape index (κ3) is 2.70. The van der Waals surface area contributed by atoms with Gasteiger partial charge in [0.2, 0.25) is 5.88 Å². The van der Waals surface area contributed by atoms with Gasteiger partial charge in [0.15, 0.2) is 0 Å². The fourth-order valence-corrected chi connectivity index (χ4v) is 1.22. The highest BCUT2D eigenvalue weighted by Crippen LogP contribution is 2.18. The Morgan fingerprint density at radius 3 is 2.92 bits per heavy atom. The molecular weight excluding hydrogens is 164 g/mol. The second kappa shape index (κ2) is 4.82. The lowest BCUT2D eigenvalue weighted by Crippen LogP contribution is -2.06. The van der Waals surface area contributed by atoms with E-state index in [0.29, 0.717) is 18.3 Å². The Kier molecular flexibility index (Phi) is 3.71. The number of nitrogens with zero attached hydrogens (tertiary/aromatic N) is 1. The van der Waals surface area contributed by atoms with Crippen molar-refractivity contribution < 1.29 is 4.74 Å². The average molecular weight is 180 g/mol. The van der Waals surface area contributed by atoms with Gasteiger partial charge in [0.1, 0.15) is 0 Å². The first-order valence-electron chi connectivity index (χ1n) is 4.49. The summed E-state index contributed by atoms with van der Waals surface area (Å²) in [7, 11) is 1.62. The summed E-state index contributed by atoms with van der Waals surface area (Å²) in [5.74, 6) is 1.07. The smallest absolute Gasteiger partial charge is 0.213 e. The van der Waals surface area contributed by atoms with Gasteiger partial charge in [0.05, 0.1) is 7.11 Å². The van der Waals surface area contributed by atoms with Crippen molar-refractivity contribution >= 4 is 0 Å². The van der Waals surface area contributed by atoms with E-state index in [1.165, 1.54) is 0 Å². The van der Waals surface area contributed by atoms with Gasteiger partial charge in [-0.05, 0) is 24.9 Å². The SMILES string of the molecule is COc1cccc(C(C)CCN)n1. The minimum Gasteiger partial charge on any atom is -0.481 e. The molecule has 1 aromatic rings. The van der Waals surface area contributed by atoms with Crippen LogP contribution in [0, 0.1) is 0 Å². The molecular formula is C10H16N2O. The highest BCUT2D eigenvalue weighted by Gasteiger charge is 2.06. The number of ether oxygens (including phenoxy) is 1. The maximum absolute atomic E-state index is 5.48. The lowest BCUT2D eigenvalue weighted by molar-refractivity contribution is 0.395. The lowest BCUT2D eigenvalue weighted by Gasteiger charge is -2.09. The molecule has 2 N–H and O–H groups in total. The highest BCUT2D eigenvalue weighted by atomic mass is 16.5. The summed E-state index contributed by atoms with van der Waals surface area (Å²) >= 11 is 0. The molecule has 72 valence electrons. The maximum atomic E-state index is 5.48. The zero-order valence-electron chi connectivity index (χ0n) is 8.16. The molecule has 1 rings (SSSR count). The van der Waals surface area contributed by atoms with Crippen LogP contribution in [0.5, 0.6) is 5.88 Å². The molecule has 0 aliphatic heterocycles. The number of pyridine rings is 1. The minimum atomic E-state index is 0.403. The molecule has 0 aromatic carbocycles. The largest absolute Gasteiger partial charge is 0.481 e. The van der Waals surface area contributed by atoms with Crippen molar-refractivity contribution in [2.75, 3.05) is 13.7 Å². The zero-order chi connectivity index (χ0) is 9.68. The molecule has 0 aliphatic rings. The van der Waals surface area contributed by atoms with E-state index in [1.807, 2.05) is 18.2 Å². The second-order valence-corrected chi connectivity index (χ2v) is 3.08. The van der Waals surface area contributed by atoms with E-state index in [4.69, 9.17) is 10.5 Å². The molecule has 0 bridgehead atoms. The summed E-state index contributed by atoms with van der Waals surface area (Å²) in [5, 5.41) is 0. The minimum absolute atomic E-state index is 0.403. The van der Waals surface area contributed by atoms with Crippen LogP contribution >= 0.6 is 0 Å². The van der Waals surface area contributed by atoms with Gasteiger partial charge >= 0.3 is 0 Å². The lowest BCUT2D eigenvalue weighted by atomic mass is 10.0. The molecule has 1 heterocycles. The van der Waals surface area contributed by atoms with E-state index in [1.54, 1.807) is 7.11 Å². The van der Waals surface area contributed by atoms with Crippen molar-refractivity contribution in [2.45, 2.75) is 19.3 Å². The Morgan fingerprint density at radius 2 is 2.31 bits per heavy atom. The van der Waals surface area contributed by atoms with Crippen molar-refractivity contribution in [2.24, 2.45) is 5.73 Å². The van der Waals surface area contributed by atoms with Crippen LogP contribution in [0.25, 0.3) is 0 Å². The van der Waals surface area contributed by atoms with Crippen LogP contribution in [0.1, 0.15) is 25.0 Å². The first-order valence-corrected chi connectivity index (χ1v) is 4.49. The Labute approximate surface area is 78.9 Å². The monoisotopic (exact) mass is 180 g/mol. The number of rotatable bonds is 4. The summed E-state index contributed by atoms with van der Waals surface area (Å²) in [6.07, 6.45) is 0.958. The number of methoxy groups -OCH3 is 1. The second-order valence-electron chi connectivity index (χ2n) is 3.08. The Hall–Kier alpha value is -1.09.